The molecule has 30 heavy (non-hydrogen) atoms. The van der Waals surface area contributed by atoms with Crippen molar-refractivity contribution in [2.75, 3.05) is 36.0 Å². The smallest absolute Gasteiger partial charge is 0.272 e. The van der Waals surface area contributed by atoms with E-state index in [4.69, 9.17) is 11.6 Å². The molecule has 1 saturated heterocycles. The van der Waals surface area contributed by atoms with Gasteiger partial charge in [-0.05, 0) is 25.5 Å². The number of anilines is 2. The number of hydrogen-bond acceptors (Lipinski definition) is 5. The monoisotopic (exact) mass is 423 g/mol. The summed E-state index contributed by atoms with van der Waals surface area (Å²) in [5, 5.41) is 14.3. The number of nitrogens with zero attached hydrogens (tertiary/aromatic N) is 4. The predicted octanol–water partition coefficient (Wildman–Crippen LogP) is 4.14. The molecule has 1 atom stereocenters. The minimum atomic E-state index is -0.178. The molecule has 2 heterocycles. The van der Waals surface area contributed by atoms with Gasteiger partial charge in [-0.15, -0.1) is 10.2 Å². The molecule has 3 aromatic rings. The van der Waals surface area contributed by atoms with Crippen LogP contribution in [0.15, 0.2) is 48.5 Å². The standard InChI is InChI=1S/C23H26ClN5O/c1-3-16(2)25-23(30)21-17-8-4-5-9-18(17)22(27-26-21)29-14-12-28(13-15-29)20-11-7-6-10-19(20)24/h4-11,16H,3,12-15H2,1-2H3,(H,25,30)/t16-/m1/s1. The van der Waals surface area contributed by atoms with Crippen molar-refractivity contribution in [3.8, 4) is 0 Å². The maximum absolute atomic E-state index is 12.7. The Hall–Kier alpha value is -2.86. The van der Waals surface area contributed by atoms with Gasteiger partial charge in [0.15, 0.2) is 11.5 Å². The average molecular weight is 424 g/mol. The van der Waals surface area contributed by atoms with Crippen molar-refractivity contribution in [1.82, 2.24) is 15.5 Å². The summed E-state index contributed by atoms with van der Waals surface area (Å²) < 4.78 is 0. The number of para-hydroxylation sites is 1. The van der Waals surface area contributed by atoms with E-state index in [2.05, 4.69) is 31.4 Å². The van der Waals surface area contributed by atoms with Crippen molar-refractivity contribution in [3.05, 3.63) is 59.2 Å². The first-order valence-corrected chi connectivity index (χ1v) is 10.8. The molecule has 7 heteroatoms. The van der Waals surface area contributed by atoms with E-state index in [1.54, 1.807) is 0 Å². The number of hydrogen-bond donors (Lipinski definition) is 1. The van der Waals surface area contributed by atoms with Gasteiger partial charge in [0.2, 0.25) is 0 Å². The molecule has 2 aromatic carbocycles. The summed E-state index contributed by atoms with van der Waals surface area (Å²) in [7, 11) is 0. The molecule has 1 aliphatic heterocycles. The number of benzene rings is 2. The molecule has 1 fully saturated rings. The Kier molecular flexibility index (Phi) is 6.04. The molecule has 0 spiro atoms. The largest absolute Gasteiger partial charge is 0.367 e. The number of piperazine rings is 1. The Bertz CT molecular complexity index is 1050. The molecular weight excluding hydrogens is 398 g/mol. The third kappa shape index (κ3) is 4.05. The predicted molar refractivity (Wildman–Crippen MR) is 123 cm³/mol. The minimum Gasteiger partial charge on any atom is -0.367 e. The summed E-state index contributed by atoms with van der Waals surface area (Å²) >= 11 is 6.37. The highest BCUT2D eigenvalue weighted by Gasteiger charge is 2.23. The van der Waals surface area contributed by atoms with Crippen LogP contribution < -0.4 is 15.1 Å². The topological polar surface area (TPSA) is 61.4 Å². The fraction of sp³-hybridized carbons (Fsp3) is 0.348. The quantitative estimate of drug-likeness (QED) is 0.668. The third-order valence-electron chi connectivity index (χ3n) is 5.65. The summed E-state index contributed by atoms with van der Waals surface area (Å²) in [6.45, 7) is 7.33. The van der Waals surface area contributed by atoms with Crippen molar-refractivity contribution >= 4 is 39.8 Å². The Morgan fingerprint density at radius 1 is 1.00 bits per heavy atom. The Morgan fingerprint density at radius 2 is 1.63 bits per heavy atom. The molecule has 0 saturated carbocycles. The zero-order chi connectivity index (χ0) is 21.1. The second kappa shape index (κ2) is 8.88. The highest BCUT2D eigenvalue weighted by Crippen LogP contribution is 2.29. The van der Waals surface area contributed by atoms with Crippen LogP contribution in [0.1, 0.15) is 30.8 Å². The summed E-state index contributed by atoms with van der Waals surface area (Å²) in [5.41, 5.74) is 1.44. The first kappa shape index (κ1) is 20.4. The van der Waals surface area contributed by atoms with Crippen LogP contribution >= 0.6 is 11.6 Å². The van der Waals surface area contributed by atoms with E-state index in [0.29, 0.717) is 5.69 Å². The van der Waals surface area contributed by atoms with Gasteiger partial charge in [0.25, 0.3) is 5.91 Å². The molecule has 0 radical (unpaired) electrons. The fourth-order valence-corrected chi connectivity index (χ4v) is 4.01. The highest BCUT2D eigenvalue weighted by atomic mass is 35.5. The van der Waals surface area contributed by atoms with Crippen LogP contribution in [0.2, 0.25) is 5.02 Å². The fourth-order valence-electron chi connectivity index (χ4n) is 3.75. The maximum atomic E-state index is 12.7. The summed E-state index contributed by atoms with van der Waals surface area (Å²) in [6.07, 6.45) is 0.866. The molecule has 1 aromatic heterocycles. The molecule has 1 N–H and O–H groups in total. The van der Waals surface area contributed by atoms with Crippen LogP contribution in [-0.2, 0) is 0 Å². The van der Waals surface area contributed by atoms with Gasteiger partial charge in [0.1, 0.15) is 0 Å². The molecule has 0 bridgehead atoms. The summed E-state index contributed by atoms with van der Waals surface area (Å²) in [6, 6.07) is 15.9. The van der Waals surface area contributed by atoms with Gasteiger partial charge in [-0.3, -0.25) is 4.79 Å². The van der Waals surface area contributed by atoms with E-state index < -0.39 is 0 Å². The van der Waals surface area contributed by atoms with E-state index in [0.717, 1.165) is 59.9 Å². The van der Waals surface area contributed by atoms with Crippen molar-refractivity contribution in [1.29, 1.82) is 0 Å². The first-order chi connectivity index (χ1) is 14.6. The molecule has 0 unspecified atom stereocenters. The van der Waals surface area contributed by atoms with E-state index >= 15 is 0 Å². The molecular formula is C23H26ClN5O. The molecule has 4 rings (SSSR count). The normalized spacial score (nSPS) is 15.3. The van der Waals surface area contributed by atoms with Crippen LogP contribution in [0.25, 0.3) is 10.8 Å². The van der Waals surface area contributed by atoms with Gasteiger partial charge >= 0.3 is 0 Å². The number of carbonyl (C=O) groups is 1. The van der Waals surface area contributed by atoms with Crippen LogP contribution in [0, 0.1) is 0 Å². The Balaban J connectivity index is 1.58. The van der Waals surface area contributed by atoms with Crippen LogP contribution in [-0.4, -0.2) is 48.3 Å². The Labute approximate surface area is 181 Å². The van der Waals surface area contributed by atoms with Crippen molar-refractivity contribution < 1.29 is 4.79 Å². The van der Waals surface area contributed by atoms with Crippen LogP contribution in [0.5, 0.6) is 0 Å². The van der Waals surface area contributed by atoms with Gasteiger partial charge in [0, 0.05) is 43.0 Å². The highest BCUT2D eigenvalue weighted by molar-refractivity contribution is 6.33. The van der Waals surface area contributed by atoms with Gasteiger partial charge in [-0.25, -0.2) is 0 Å². The van der Waals surface area contributed by atoms with Gasteiger partial charge in [-0.1, -0.05) is 54.9 Å². The number of nitrogens with one attached hydrogen (secondary N) is 1. The third-order valence-corrected chi connectivity index (χ3v) is 5.96. The Morgan fingerprint density at radius 3 is 2.33 bits per heavy atom. The number of rotatable bonds is 5. The van der Waals surface area contributed by atoms with Crippen LogP contribution in [0.3, 0.4) is 0 Å². The minimum absolute atomic E-state index is 0.0932. The lowest BCUT2D eigenvalue weighted by atomic mass is 10.1. The van der Waals surface area contributed by atoms with Crippen LogP contribution in [0.4, 0.5) is 11.5 Å². The lowest BCUT2D eigenvalue weighted by Crippen LogP contribution is -2.47. The maximum Gasteiger partial charge on any atom is 0.272 e. The summed E-state index contributed by atoms with van der Waals surface area (Å²) in [5.74, 6) is 0.646. The lowest BCUT2D eigenvalue weighted by molar-refractivity contribution is 0.0935. The van der Waals surface area contributed by atoms with E-state index in [1.807, 2.05) is 56.3 Å². The number of fused-ring (bicyclic) bond motifs is 1. The SMILES string of the molecule is CC[C@@H](C)NC(=O)c1nnc(N2CCN(c3ccccc3Cl)CC2)c2ccccc12. The zero-order valence-electron chi connectivity index (χ0n) is 17.3. The van der Waals surface area contributed by atoms with E-state index in [9.17, 15) is 4.79 Å². The van der Waals surface area contributed by atoms with Crippen molar-refractivity contribution in [3.63, 3.8) is 0 Å². The molecule has 1 aliphatic rings. The van der Waals surface area contributed by atoms with E-state index in [1.165, 1.54) is 0 Å². The average Bonchev–Trinajstić information content (AvgIpc) is 2.78. The number of amides is 1. The number of aromatic nitrogens is 2. The van der Waals surface area contributed by atoms with Gasteiger partial charge in [0.05, 0.1) is 10.7 Å². The zero-order valence-corrected chi connectivity index (χ0v) is 18.1. The molecule has 156 valence electrons. The first-order valence-electron chi connectivity index (χ1n) is 10.4. The molecule has 1 amide bonds. The molecule has 6 nitrogen and oxygen atoms in total. The second-order valence-corrected chi connectivity index (χ2v) is 8.03. The van der Waals surface area contributed by atoms with Crippen molar-refractivity contribution in [2.24, 2.45) is 0 Å². The van der Waals surface area contributed by atoms with Gasteiger partial charge in [-0.2, -0.15) is 0 Å². The van der Waals surface area contributed by atoms with Gasteiger partial charge < -0.3 is 15.1 Å². The van der Waals surface area contributed by atoms with E-state index in [-0.39, 0.29) is 11.9 Å². The second-order valence-electron chi connectivity index (χ2n) is 7.63. The van der Waals surface area contributed by atoms with Crippen molar-refractivity contribution in [2.45, 2.75) is 26.3 Å². The number of halogens is 1. The summed E-state index contributed by atoms with van der Waals surface area (Å²) in [4.78, 5) is 17.2. The number of carbonyl (C=O) groups excluding carboxylic acids is 1. The molecule has 0 aliphatic carbocycles. The lowest BCUT2D eigenvalue weighted by Gasteiger charge is -2.37.